The summed E-state index contributed by atoms with van der Waals surface area (Å²) >= 11 is 0. The number of ether oxygens (including phenoxy) is 1. The molecule has 1 aromatic rings. The maximum Gasteiger partial charge on any atom is 0.334 e. The number of aliphatic carboxylic acids is 1. The Kier molecular flexibility index (Phi) is 7.44. The average Bonchev–Trinajstić information content (AvgIpc) is 2.26. The summed E-state index contributed by atoms with van der Waals surface area (Å²) in [6.07, 6.45) is -0.506. The second-order valence-electron chi connectivity index (χ2n) is 3.21. The van der Waals surface area contributed by atoms with E-state index in [1.807, 2.05) is 18.2 Å². The zero-order valence-corrected chi connectivity index (χ0v) is 13.0. The normalized spacial score (nSPS) is 8.94. The van der Waals surface area contributed by atoms with Crippen LogP contribution in [0.4, 0.5) is 0 Å². The van der Waals surface area contributed by atoms with Gasteiger partial charge in [0.2, 0.25) is 0 Å². The molecule has 1 aromatic carbocycles. The van der Waals surface area contributed by atoms with Crippen LogP contribution in [0.25, 0.3) is 0 Å². The third-order valence-electron chi connectivity index (χ3n) is 1.86. The number of carbonyl (C=O) groups excluding carboxylic acids is 2. The number of hydrogen-bond acceptors (Lipinski definition) is 4. The number of carboxylic acids is 1. The topological polar surface area (TPSA) is 66.4 Å². The van der Waals surface area contributed by atoms with E-state index in [1.54, 1.807) is 12.1 Å². The van der Waals surface area contributed by atoms with Gasteiger partial charge in [0.15, 0.2) is 0 Å². The van der Waals surface area contributed by atoms with Gasteiger partial charge in [-0.3, -0.25) is 0 Å². The molecular weight excluding hydrogens is 415 g/mol. The predicted molar refractivity (Wildman–Crippen MR) is 60.8 cm³/mol. The minimum absolute atomic E-state index is 0. The van der Waals surface area contributed by atoms with Gasteiger partial charge in [-0.25, -0.2) is 4.79 Å². The molecule has 1 rings (SSSR count). The molecule has 0 aliphatic carbocycles. The van der Waals surface area contributed by atoms with Gasteiger partial charge in [0.1, 0.15) is 6.61 Å². The molecule has 0 amide bonds. The third kappa shape index (κ3) is 6.20. The van der Waals surface area contributed by atoms with E-state index in [0.717, 1.165) is 5.56 Å². The molecule has 0 aromatic heterocycles. The Morgan fingerprint density at radius 2 is 1.82 bits per heavy atom. The molecule has 5 heteroatoms. The van der Waals surface area contributed by atoms with Crippen LogP contribution in [0.1, 0.15) is 12.0 Å². The van der Waals surface area contributed by atoms with Crippen LogP contribution in [-0.2, 0) is 20.9 Å². The average molecular weight is 426 g/mol. The Hall–Kier alpha value is -1.18. The molecule has 17 heavy (non-hydrogen) atoms. The number of carbonyl (C=O) groups is 2. The van der Waals surface area contributed by atoms with Crippen molar-refractivity contribution in [1.82, 2.24) is 0 Å². The monoisotopic (exact) mass is 427 g/mol. The van der Waals surface area contributed by atoms with E-state index in [-0.39, 0.29) is 39.5 Å². The van der Waals surface area contributed by atoms with E-state index in [9.17, 15) is 14.7 Å². The van der Waals surface area contributed by atoms with Crippen LogP contribution in [0.2, 0.25) is 0 Å². The summed E-state index contributed by atoms with van der Waals surface area (Å²) in [6.45, 7) is 3.41. The summed E-state index contributed by atoms with van der Waals surface area (Å²) in [4.78, 5) is 21.4. The van der Waals surface area contributed by atoms with Crippen molar-refractivity contribution < 1.29 is 19.4 Å². The first-order valence-electron chi connectivity index (χ1n) is 4.68. The Morgan fingerprint density at radius 1 is 1.24 bits per heavy atom. The fourth-order valence-electron chi connectivity index (χ4n) is 1.07. The first kappa shape index (κ1) is 15.8. The fourth-order valence-corrected chi connectivity index (χ4v) is 1.07. The van der Waals surface area contributed by atoms with Gasteiger partial charge in [0.05, 0.1) is 0 Å². The molecule has 0 aliphatic heterocycles. The van der Waals surface area contributed by atoms with Gasteiger partial charge >= 0.3 is 5.97 Å². The van der Waals surface area contributed by atoms with Gasteiger partial charge in [-0.05, 0) is 5.56 Å². The molecule has 88 valence electrons. The molecular formula is C12H11O4Pb-. The minimum Gasteiger partial charge on any atom is -0.550 e. The van der Waals surface area contributed by atoms with E-state index in [2.05, 4.69) is 6.58 Å². The second-order valence-corrected chi connectivity index (χ2v) is 3.21. The number of rotatable bonds is 5. The quantitative estimate of drug-likeness (QED) is 0.379. The SMILES string of the molecule is C=C(CC(=O)[O-])C(=O)OCc1ccccc1.[Pb]. The summed E-state index contributed by atoms with van der Waals surface area (Å²) in [5, 5.41) is 10.2. The summed E-state index contributed by atoms with van der Waals surface area (Å²) in [6, 6.07) is 9.09. The van der Waals surface area contributed by atoms with Gasteiger partial charge in [0.25, 0.3) is 0 Å². The summed E-state index contributed by atoms with van der Waals surface area (Å²) in [7, 11) is 0. The number of hydrogen-bond donors (Lipinski definition) is 0. The van der Waals surface area contributed by atoms with Crippen molar-refractivity contribution in [2.75, 3.05) is 0 Å². The van der Waals surface area contributed by atoms with Crippen molar-refractivity contribution in [2.45, 2.75) is 13.0 Å². The molecule has 4 radical (unpaired) electrons. The van der Waals surface area contributed by atoms with Crippen molar-refractivity contribution in [3.05, 3.63) is 48.0 Å². The smallest absolute Gasteiger partial charge is 0.334 e. The van der Waals surface area contributed by atoms with Crippen LogP contribution < -0.4 is 5.11 Å². The molecule has 0 fully saturated rings. The Bertz CT molecular complexity index is 400. The van der Waals surface area contributed by atoms with Crippen molar-refractivity contribution in [2.24, 2.45) is 0 Å². The van der Waals surface area contributed by atoms with Gasteiger partial charge in [-0.1, -0.05) is 36.9 Å². The Labute approximate surface area is 119 Å². The summed E-state index contributed by atoms with van der Waals surface area (Å²) in [5.41, 5.74) is 0.716. The number of esters is 1. The first-order valence-corrected chi connectivity index (χ1v) is 4.68. The standard InChI is InChI=1S/C12H12O4.Pb/c1-9(7-11(13)14)12(15)16-8-10-5-3-2-4-6-10;/h2-6H,1,7-8H2,(H,13,14);/p-1. The van der Waals surface area contributed by atoms with E-state index in [0.29, 0.717) is 0 Å². The van der Waals surface area contributed by atoms with Crippen LogP contribution in [0.3, 0.4) is 0 Å². The van der Waals surface area contributed by atoms with E-state index < -0.39 is 18.4 Å². The van der Waals surface area contributed by atoms with Crippen LogP contribution in [0, 0.1) is 0 Å². The zero-order chi connectivity index (χ0) is 12.0. The van der Waals surface area contributed by atoms with Gasteiger partial charge in [-0.2, -0.15) is 0 Å². The van der Waals surface area contributed by atoms with Crippen LogP contribution >= 0.6 is 0 Å². The maximum absolute atomic E-state index is 11.2. The first-order chi connectivity index (χ1) is 7.59. The van der Waals surface area contributed by atoms with E-state index in [4.69, 9.17) is 4.74 Å². The molecule has 0 bridgehead atoms. The largest absolute Gasteiger partial charge is 0.550 e. The fraction of sp³-hybridized carbons (Fsp3) is 0.167. The molecule has 0 spiro atoms. The second kappa shape index (κ2) is 7.99. The minimum atomic E-state index is -1.35. The maximum atomic E-state index is 11.2. The Balaban J connectivity index is 0.00000256. The molecule has 0 saturated heterocycles. The van der Waals surface area contributed by atoms with Gasteiger partial charge in [0, 0.05) is 45.3 Å². The predicted octanol–water partition coefficient (Wildman–Crippen LogP) is 0.0452. The van der Waals surface area contributed by atoms with Gasteiger partial charge < -0.3 is 14.6 Å². The van der Waals surface area contributed by atoms with Crippen molar-refractivity contribution in [3.63, 3.8) is 0 Å². The van der Waals surface area contributed by atoms with Crippen LogP contribution in [0.15, 0.2) is 42.5 Å². The Morgan fingerprint density at radius 3 is 2.35 bits per heavy atom. The molecule has 0 saturated carbocycles. The molecule has 0 unspecified atom stereocenters. The van der Waals surface area contributed by atoms with Crippen LogP contribution in [-0.4, -0.2) is 39.2 Å². The molecule has 0 heterocycles. The van der Waals surface area contributed by atoms with Crippen molar-refractivity contribution >= 4 is 39.2 Å². The zero-order valence-electron chi connectivity index (χ0n) is 9.14. The molecule has 4 nitrogen and oxygen atoms in total. The third-order valence-corrected chi connectivity index (χ3v) is 1.86. The number of benzene rings is 1. The molecule has 0 aliphatic rings. The van der Waals surface area contributed by atoms with Crippen LogP contribution in [0.5, 0.6) is 0 Å². The van der Waals surface area contributed by atoms with Crippen molar-refractivity contribution in [1.29, 1.82) is 0 Å². The van der Waals surface area contributed by atoms with E-state index >= 15 is 0 Å². The summed E-state index contributed by atoms with van der Waals surface area (Å²) < 4.78 is 4.86. The van der Waals surface area contributed by atoms with E-state index in [1.165, 1.54) is 0 Å². The molecule has 0 atom stereocenters. The van der Waals surface area contributed by atoms with Crippen molar-refractivity contribution in [3.8, 4) is 0 Å². The summed E-state index contributed by atoms with van der Waals surface area (Å²) in [5.74, 6) is -2.06. The molecule has 0 N–H and O–H groups in total. The number of carboxylic acid groups (broad SMARTS) is 1. The van der Waals surface area contributed by atoms with Gasteiger partial charge in [-0.15, -0.1) is 0 Å².